The number of benzene rings is 1. The number of carbonyl (C=O) groups excluding carboxylic acids is 2. The second kappa shape index (κ2) is 8.18. The maximum absolute atomic E-state index is 12.5. The molecule has 0 saturated carbocycles. The van der Waals surface area contributed by atoms with Gasteiger partial charge in [0.2, 0.25) is 5.91 Å². The van der Waals surface area contributed by atoms with Crippen molar-refractivity contribution in [3.05, 3.63) is 53.1 Å². The van der Waals surface area contributed by atoms with E-state index in [1.54, 1.807) is 18.2 Å². The summed E-state index contributed by atoms with van der Waals surface area (Å²) in [6.07, 6.45) is 6.23. The lowest BCUT2D eigenvalue weighted by Crippen LogP contribution is -2.35. The molecule has 4 nitrogen and oxygen atoms in total. The Kier molecular flexibility index (Phi) is 6.25. The number of esters is 1. The van der Waals surface area contributed by atoms with Gasteiger partial charge in [-0.3, -0.25) is 9.59 Å². The van der Waals surface area contributed by atoms with Crippen LogP contribution in [-0.2, 0) is 14.3 Å². The molecule has 1 aliphatic rings. The summed E-state index contributed by atoms with van der Waals surface area (Å²) in [4.78, 5) is 24.6. The highest BCUT2D eigenvalue weighted by Crippen LogP contribution is 2.30. The number of carbonyl (C=O) groups is 2. The van der Waals surface area contributed by atoms with E-state index >= 15 is 0 Å². The molecule has 0 saturated heterocycles. The molecule has 122 valence electrons. The zero-order valence-electron chi connectivity index (χ0n) is 12.4. The zero-order valence-corrected chi connectivity index (χ0v) is 13.9. The summed E-state index contributed by atoms with van der Waals surface area (Å²) in [6, 6.07) is 4.82. The van der Waals surface area contributed by atoms with Gasteiger partial charge in [-0.1, -0.05) is 48.0 Å². The second-order valence-corrected chi connectivity index (χ2v) is 6.03. The average Bonchev–Trinajstić information content (AvgIpc) is 2.55. The Hall–Kier alpha value is -1.78. The van der Waals surface area contributed by atoms with Crippen molar-refractivity contribution in [2.45, 2.75) is 12.8 Å². The molecule has 0 aromatic heterocycles. The van der Waals surface area contributed by atoms with Crippen LogP contribution < -0.4 is 5.32 Å². The Balaban J connectivity index is 2.10. The van der Waals surface area contributed by atoms with Crippen LogP contribution in [0.3, 0.4) is 0 Å². The molecule has 0 spiro atoms. The maximum Gasteiger partial charge on any atom is 0.310 e. The molecule has 0 fully saturated rings. The van der Waals surface area contributed by atoms with Crippen molar-refractivity contribution in [1.29, 1.82) is 0 Å². The van der Waals surface area contributed by atoms with Gasteiger partial charge in [0.1, 0.15) is 6.61 Å². The molecular formula is C17H17Cl2NO3. The number of rotatable bonds is 5. The molecule has 0 heterocycles. The summed E-state index contributed by atoms with van der Waals surface area (Å²) in [5.74, 6) is -1.66. The van der Waals surface area contributed by atoms with Gasteiger partial charge in [-0.25, -0.2) is 0 Å². The summed E-state index contributed by atoms with van der Waals surface area (Å²) in [5.41, 5.74) is 0.467. The largest absolute Gasteiger partial charge is 0.461 e. The Morgan fingerprint density at radius 1 is 1.26 bits per heavy atom. The van der Waals surface area contributed by atoms with Gasteiger partial charge in [-0.15, -0.1) is 0 Å². The first-order valence-corrected chi connectivity index (χ1v) is 7.97. The lowest BCUT2D eigenvalue weighted by Gasteiger charge is -2.26. The van der Waals surface area contributed by atoms with Crippen molar-refractivity contribution in [3.8, 4) is 0 Å². The highest BCUT2D eigenvalue weighted by atomic mass is 35.5. The molecule has 1 amide bonds. The van der Waals surface area contributed by atoms with E-state index in [2.05, 4.69) is 11.9 Å². The normalized spacial score (nSPS) is 19.9. The minimum absolute atomic E-state index is 0.135. The summed E-state index contributed by atoms with van der Waals surface area (Å²) < 4.78 is 5.09. The number of amides is 1. The molecule has 0 radical (unpaired) electrons. The molecule has 1 aliphatic carbocycles. The second-order valence-electron chi connectivity index (χ2n) is 5.19. The van der Waals surface area contributed by atoms with Gasteiger partial charge in [0.15, 0.2) is 0 Å². The Morgan fingerprint density at radius 3 is 2.61 bits per heavy atom. The van der Waals surface area contributed by atoms with E-state index in [-0.39, 0.29) is 12.5 Å². The molecule has 0 aliphatic heterocycles. The van der Waals surface area contributed by atoms with Crippen LogP contribution in [0.1, 0.15) is 12.8 Å². The number of hydrogen-bond acceptors (Lipinski definition) is 3. The van der Waals surface area contributed by atoms with E-state index in [0.29, 0.717) is 28.6 Å². The number of halogens is 2. The van der Waals surface area contributed by atoms with Crippen molar-refractivity contribution in [2.75, 3.05) is 11.9 Å². The van der Waals surface area contributed by atoms with Crippen molar-refractivity contribution < 1.29 is 14.3 Å². The summed E-state index contributed by atoms with van der Waals surface area (Å²) in [5, 5.41) is 3.59. The van der Waals surface area contributed by atoms with Crippen LogP contribution in [0.5, 0.6) is 0 Å². The third-order valence-corrected chi connectivity index (χ3v) is 4.15. The number of nitrogens with one attached hydrogen (secondary N) is 1. The monoisotopic (exact) mass is 353 g/mol. The van der Waals surface area contributed by atoms with Crippen molar-refractivity contribution in [3.63, 3.8) is 0 Å². The van der Waals surface area contributed by atoms with E-state index < -0.39 is 17.8 Å². The van der Waals surface area contributed by atoms with Gasteiger partial charge in [0, 0.05) is 5.02 Å². The SMILES string of the molecule is C=CCOC(=O)[C@H]1CC=CC[C@H]1C(=O)Nc1ccc(Cl)cc1Cl. The van der Waals surface area contributed by atoms with Gasteiger partial charge < -0.3 is 10.1 Å². The molecule has 1 aromatic carbocycles. The Bertz CT molecular complexity index is 643. The fourth-order valence-electron chi connectivity index (χ4n) is 2.43. The fourth-order valence-corrected chi connectivity index (χ4v) is 2.88. The van der Waals surface area contributed by atoms with E-state index in [9.17, 15) is 9.59 Å². The van der Waals surface area contributed by atoms with Crippen molar-refractivity contribution in [1.82, 2.24) is 0 Å². The highest BCUT2D eigenvalue weighted by molar-refractivity contribution is 6.36. The first-order valence-electron chi connectivity index (χ1n) is 7.21. The van der Waals surface area contributed by atoms with Crippen LogP contribution in [0.25, 0.3) is 0 Å². The van der Waals surface area contributed by atoms with Gasteiger partial charge >= 0.3 is 5.97 Å². The molecule has 0 bridgehead atoms. The van der Waals surface area contributed by atoms with Crippen LogP contribution >= 0.6 is 23.2 Å². The van der Waals surface area contributed by atoms with Gasteiger partial charge in [0.25, 0.3) is 0 Å². The van der Waals surface area contributed by atoms with Gasteiger partial charge in [0.05, 0.1) is 22.5 Å². The van der Waals surface area contributed by atoms with Gasteiger partial charge in [-0.2, -0.15) is 0 Å². The molecule has 1 aromatic rings. The molecule has 0 unspecified atom stereocenters. The standard InChI is InChI=1S/C17H17Cl2NO3/c1-2-9-23-17(22)13-6-4-3-5-12(13)16(21)20-15-8-7-11(18)10-14(15)19/h2-4,7-8,10,12-13H,1,5-6,9H2,(H,20,21)/t12-,13+/m1/s1. The van der Waals surface area contributed by atoms with Crippen LogP contribution in [0, 0.1) is 11.8 Å². The van der Waals surface area contributed by atoms with Crippen molar-refractivity contribution in [2.24, 2.45) is 11.8 Å². The van der Waals surface area contributed by atoms with Gasteiger partial charge in [-0.05, 0) is 31.0 Å². The smallest absolute Gasteiger partial charge is 0.310 e. The molecule has 2 rings (SSSR count). The summed E-state index contributed by atoms with van der Waals surface area (Å²) >= 11 is 11.9. The van der Waals surface area contributed by atoms with E-state index in [1.807, 2.05) is 12.2 Å². The molecule has 6 heteroatoms. The molecule has 2 atom stereocenters. The third kappa shape index (κ3) is 4.60. The van der Waals surface area contributed by atoms with Crippen molar-refractivity contribution >= 4 is 40.8 Å². The number of hydrogen-bond donors (Lipinski definition) is 1. The summed E-state index contributed by atoms with van der Waals surface area (Å²) in [7, 11) is 0. The first-order chi connectivity index (χ1) is 11.0. The third-order valence-electron chi connectivity index (χ3n) is 3.60. The minimum atomic E-state index is -0.508. The van der Waals surface area contributed by atoms with E-state index in [1.165, 1.54) is 6.08 Å². The molecule has 1 N–H and O–H groups in total. The number of allylic oxidation sites excluding steroid dienone is 2. The maximum atomic E-state index is 12.5. The fraction of sp³-hybridized carbons (Fsp3) is 0.294. The molecular weight excluding hydrogens is 337 g/mol. The lowest BCUT2D eigenvalue weighted by molar-refractivity contribution is -0.151. The topological polar surface area (TPSA) is 55.4 Å². The predicted molar refractivity (Wildman–Crippen MR) is 91.6 cm³/mol. The van der Waals surface area contributed by atoms with Crippen LogP contribution in [0.15, 0.2) is 43.0 Å². The first kappa shape index (κ1) is 17.6. The average molecular weight is 354 g/mol. The quantitative estimate of drug-likeness (QED) is 0.636. The van der Waals surface area contributed by atoms with Crippen LogP contribution in [0.2, 0.25) is 10.0 Å². The number of ether oxygens (including phenoxy) is 1. The lowest BCUT2D eigenvalue weighted by atomic mass is 9.82. The predicted octanol–water partition coefficient (Wildman–Crippen LogP) is 4.24. The zero-order chi connectivity index (χ0) is 16.8. The van der Waals surface area contributed by atoms with E-state index in [4.69, 9.17) is 27.9 Å². The van der Waals surface area contributed by atoms with Crippen LogP contribution in [-0.4, -0.2) is 18.5 Å². The van der Waals surface area contributed by atoms with Crippen LogP contribution in [0.4, 0.5) is 5.69 Å². The Morgan fingerprint density at radius 2 is 1.96 bits per heavy atom. The summed E-state index contributed by atoms with van der Waals surface area (Å²) in [6.45, 7) is 3.64. The van der Waals surface area contributed by atoms with E-state index in [0.717, 1.165) is 0 Å². The number of anilines is 1. The highest BCUT2D eigenvalue weighted by Gasteiger charge is 2.35. The minimum Gasteiger partial charge on any atom is -0.461 e. The Labute approximate surface area is 145 Å². The molecule has 23 heavy (non-hydrogen) atoms.